The van der Waals surface area contributed by atoms with Crippen molar-refractivity contribution in [1.29, 1.82) is 0 Å². The molecule has 0 spiro atoms. The maximum Gasteiger partial charge on any atom is 0.225 e. The number of nitrogens with one attached hydrogen (secondary N) is 1. The number of nitrogen functional groups attached to an aromatic ring is 1. The number of benzene rings is 2. The standard InChI is InChI=1S/C21H20Cl2N6/c1-12(2)11-25-21-26-18(13-7-9-14(22)10-8-13)17-19(24)29(28-20(17)27-21)16-6-4-3-5-15(16)23/h3-10,12H,11,24H2,1-2H3,(H,25,27,28). The summed E-state index contributed by atoms with van der Waals surface area (Å²) in [5.74, 6) is 1.37. The molecular formula is C21H20Cl2N6. The van der Waals surface area contributed by atoms with Gasteiger partial charge in [0.2, 0.25) is 5.95 Å². The Labute approximate surface area is 178 Å². The van der Waals surface area contributed by atoms with Crippen LogP contribution in [-0.2, 0) is 0 Å². The fraction of sp³-hybridized carbons (Fsp3) is 0.190. The van der Waals surface area contributed by atoms with Crippen LogP contribution >= 0.6 is 23.2 Å². The van der Waals surface area contributed by atoms with Gasteiger partial charge in [0.15, 0.2) is 5.65 Å². The molecule has 29 heavy (non-hydrogen) atoms. The molecule has 2 aromatic heterocycles. The molecule has 0 aliphatic rings. The predicted octanol–water partition coefficient (Wildman–Crippen LogP) is 5.44. The Morgan fingerprint density at radius 2 is 1.76 bits per heavy atom. The lowest BCUT2D eigenvalue weighted by molar-refractivity contribution is 0.685. The predicted molar refractivity (Wildman–Crippen MR) is 120 cm³/mol. The van der Waals surface area contributed by atoms with Gasteiger partial charge in [-0.25, -0.2) is 9.67 Å². The van der Waals surface area contributed by atoms with Crippen LogP contribution in [0.5, 0.6) is 0 Å². The van der Waals surface area contributed by atoms with Crippen molar-refractivity contribution in [2.24, 2.45) is 5.92 Å². The number of para-hydroxylation sites is 1. The zero-order valence-corrected chi connectivity index (χ0v) is 17.5. The first kappa shape index (κ1) is 19.5. The number of halogens is 2. The lowest BCUT2D eigenvalue weighted by Gasteiger charge is -2.10. The summed E-state index contributed by atoms with van der Waals surface area (Å²) in [6, 6.07) is 14.8. The fourth-order valence-electron chi connectivity index (χ4n) is 3.01. The van der Waals surface area contributed by atoms with Crippen LogP contribution in [0.15, 0.2) is 48.5 Å². The summed E-state index contributed by atoms with van der Waals surface area (Å²) in [4.78, 5) is 9.32. The zero-order valence-electron chi connectivity index (χ0n) is 16.0. The third-order valence-electron chi connectivity index (χ3n) is 4.44. The number of aromatic nitrogens is 4. The van der Waals surface area contributed by atoms with E-state index in [-0.39, 0.29) is 0 Å². The van der Waals surface area contributed by atoms with E-state index >= 15 is 0 Å². The summed E-state index contributed by atoms with van der Waals surface area (Å²) in [5, 5.41) is 9.76. The van der Waals surface area contributed by atoms with Crippen LogP contribution in [0.4, 0.5) is 11.8 Å². The van der Waals surface area contributed by atoms with Crippen molar-refractivity contribution >= 4 is 46.0 Å². The van der Waals surface area contributed by atoms with Crippen molar-refractivity contribution in [2.45, 2.75) is 13.8 Å². The number of rotatable bonds is 5. The highest BCUT2D eigenvalue weighted by atomic mass is 35.5. The Hall–Kier alpha value is -2.83. The largest absolute Gasteiger partial charge is 0.383 e. The van der Waals surface area contributed by atoms with E-state index in [0.29, 0.717) is 50.1 Å². The maximum absolute atomic E-state index is 6.50. The highest BCUT2D eigenvalue weighted by Gasteiger charge is 2.20. The first-order valence-electron chi connectivity index (χ1n) is 9.25. The Morgan fingerprint density at radius 3 is 2.45 bits per heavy atom. The van der Waals surface area contributed by atoms with Gasteiger partial charge in [-0.1, -0.05) is 61.3 Å². The van der Waals surface area contributed by atoms with Gasteiger partial charge in [0.05, 0.1) is 21.8 Å². The normalized spacial score (nSPS) is 11.3. The fourth-order valence-corrected chi connectivity index (χ4v) is 3.35. The lowest BCUT2D eigenvalue weighted by atomic mass is 10.1. The van der Waals surface area contributed by atoms with Crippen LogP contribution in [-0.4, -0.2) is 26.3 Å². The van der Waals surface area contributed by atoms with Crippen LogP contribution in [0.3, 0.4) is 0 Å². The number of nitrogens with two attached hydrogens (primary N) is 1. The lowest BCUT2D eigenvalue weighted by Crippen LogP contribution is -2.11. The molecule has 0 saturated carbocycles. The number of fused-ring (bicyclic) bond motifs is 1. The summed E-state index contributed by atoms with van der Waals surface area (Å²) >= 11 is 12.4. The average Bonchev–Trinajstić information content (AvgIpc) is 3.03. The van der Waals surface area contributed by atoms with Crippen molar-refractivity contribution in [3.8, 4) is 16.9 Å². The Morgan fingerprint density at radius 1 is 1.03 bits per heavy atom. The van der Waals surface area contributed by atoms with Crippen molar-refractivity contribution in [3.05, 3.63) is 58.6 Å². The molecule has 4 rings (SSSR count). The number of anilines is 2. The molecule has 148 valence electrons. The molecule has 0 aliphatic carbocycles. The second-order valence-electron chi connectivity index (χ2n) is 7.12. The summed E-state index contributed by atoms with van der Waals surface area (Å²) < 4.78 is 1.60. The van der Waals surface area contributed by atoms with Gasteiger partial charge >= 0.3 is 0 Å². The second-order valence-corrected chi connectivity index (χ2v) is 7.97. The van der Waals surface area contributed by atoms with Crippen LogP contribution in [0.2, 0.25) is 10.0 Å². The van der Waals surface area contributed by atoms with Crippen molar-refractivity contribution < 1.29 is 0 Å². The first-order valence-corrected chi connectivity index (χ1v) is 10.0. The third kappa shape index (κ3) is 3.86. The van der Waals surface area contributed by atoms with Gasteiger partial charge < -0.3 is 11.1 Å². The van der Waals surface area contributed by atoms with E-state index in [1.54, 1.807) is 10.7 Å². The topological polar surface area (TPSA) is 81.6 Å². The third-order valence-corrected chi connectivity index (χ3v) is 5.01. The van der Waals surface area contributed by atoms with Gasteiger partial charge in [-0.2, -0.15) is 4.98 Å². The minimum atomic E-state index is 0.424. The molecule has 0 amide bonds. The average molecular weight is 427 g/mol. The summed E-state index contributed by atoms with van der Waals surface area (Å²) in [7, 11) is 0. The highest BCUT2D eigenvalue weighted by molar-refractivity contribution is 6.32. The Balaban J connectivity index is 1.95. The van der Waals surface area contributed by atoms with E-state index in [2.05, 4.69) is 29.2 Å². The highest BCUT2D eigenvalue weighted by Crippen LogP contribution is 2.34. The molecule has 0 bridgehead atoms. The maximum atomic E-state index is 6.50. The molecule has 3 N–H and O–H groups in total. The smallest absolute Gasteiger partial charge is 0.225 e. The molecule has 0 fully saturated rings. The van der Waals surface area contributed by atoms with Crippen LogP contribution in [0.1, 0.15) is 13.8 Å². The number of hydrogen-bond donors (Lipinski definition) is 2. The van der Waals surface area contributed by atoms with Gasteiger partial charge in [-0.15, -0.1) is 5.10 Å². The van der Waals surface area contributed by atoms with E-state index in [1.165, 1.54) is 0 Å². The van der Waals surface area contributed by atoms with E-state index < -0.39 is 0 Å². The summed E-state index contributed by atoms with van der Waals surface area (Å²) in [6.45, 7) is 4.98. The van der Waals surface area contributed by atoms with Gasteiger partial charge in [-0.05, 0) is 30.2 Å². The van der Waals surface area contributed by atoms with Gasteiger partial charge in [0, 0.05) is 17.1 Å². The van der Waals surface area contributed by atoms with E-state index in [9.17, 15) is 0 Å². The molecule has 0 unspecified atom stereocenters. The molecule has 0 saturated heterocycles. The van der Waals surface area contributed by atoms with Gasteiger partial charge in [-0.3, -0.25) is 0 Å². The van der Waals surface area contributed by atoms with E-state index in [0.717, 1.165) is 12.1 Å². The zero-order chi connectivity index (χ0) is 20.5. The first-order chi connectivity index (χ1) is 13.9. The number of hydrogen-bond acceptors (Lipinski definition) is 5. The molecule has 2 aromatic carbocycles. The van der Waals surface area contributed by atoms with E-state index in [1.807, 2.05) is 42.5 Å². The monoisotopic (exact) mass is 426 g/mol. The van der Waals surface area contributed by atoms with Crippen LogP contribution in [0.25, 0.3) is 28.0 Å². The minimum Gasteiger partial charge on any atom is -0.383 e. The summed E-state index contributed by atoms with van der Waals surface area (Å²) in [6.07, 6.45) is 0. The molecular weight excluding hydrogens is 407 g/mol. The Bertz CT molecular complexity index is 1170. The molecule has 0 aliphatic heterocycles. The Kier molecular flexibility index (Phi) is 5.30. The van der Waals surface area contributed by atoms with Crippen LogP contribution in [0, 0.1) is 5.92 Å². The molecule has 2 heterocycles. The number of nitrogens with zero attached hydrogens (tertiary/aromatic N) is 4. The van der Waals surface area contributed by atoms with Crippen molar-refractivity contribution in [1.82, 2.24) is 19.7 Å². The van der Waals surface area contributed by atoms with Gasteiger partial charge in [0.25, 0.3) is 0 Å². The molecule has 0 atom stereocenters. The quantitative estimate of drug-likeness (QED) is 0.443. The molecule has 4 aromatic rings. The molecule has 8 heteroatoms. The van der Waals surface area contributed by atoms with Crippen molar-refractivity contribution in [2.75, 3.05) is 17.6 Å². The molecule has 6 nitrogen and oxygen atoms in total. The van der Waals surface area contributed by atoms with Crippen LogP contribution < -0.4 is 11.1 Å². The van der Waals surface area contributed by atoms with Gasteiger partial charge in [0.1, 0.15) is 5.82 Å². The minimum absolute atomic E-state index is 0.424. The second kappa shape index (κ2) is 7.89. The summed E-state index contributed by atoms with van der Waals surface area (Å²) in [5.41, 5.74) is 9.24. The van der Waals surface area contributed by atoms with Crippen molar-refractivity contribution in [3.63, 3.8) is 0 Å². The molecule has 0 radical (unpaired) electrons. The SMILES string of the molecule is CC(C)CNc1nc(-c2ccc(Cl)cc2)c2c(N)n(-c3ccccc3Cl)nc2n1. The van der Waals surface area contributed by atoms with E-state index in [4.69, 9.17) is 33.9 Å².